The molecule has 1 aromatic carbocycles. The lowest BCUT2D eigenvalue weighted by atomic mass is 9.99. The molecule has 1 unspecified atom stereocenters. The van der Waals surface area contributed by atoms with Gasteiger partial charge in [-0.3, -0.25) is 4.79 Å². The third kappa shape index (κ3) is 7.62. The Balaban J connectivity index is 1.60. The summed E-state index contributed by atoms with van der Waals surface area (Å²) in [6, 6.07) is 7.60. The van der Waals surface area contributed by atoms with Gasteiger partial charge in [-0.25, -0.2) is 4.79 Å². The Morgan fingerprint density at radius 3 is 2.76 bits per heavy atom. The number of carbonyl (C=O) groups is 1. The van der Waals surface area contributed by atoms with Gasteiger partial charge in [-0.05, 0) is 77.3 Å². The van der Waals surface area contributed by atoms with Crippen molar-refractivity contribution in [2.24, 2.45) is 5.92 Å². The number of allylic oxidation sites excluding steroid dienone is 2. The number of hydrogen-bond donors (Lipinski definition) is 3. The Bertz CT molecular complexity index is 1040. The topological polar surface area (TPSA) is 101 Å². The Kier molecular flexibility index (Phi) is 9.16. The minimum atomic E-state index is -0.538. The maximum absolute atomic E-state index is 12.8. The molecular weight excluding hydrogens is 432 g/mol. The average molecular weight is 471 g/mol. The van der Waals surface area contributed by atoms with Crippen LogP contribution in [0.1, 0.15) is 64.9 Å². The van der Waals surface area contributed by atoms with E-state index in [0.717, 1.165) is 43.0 Å². The molecule has 7 heteroatoms. The van der Waals surface area contributed by atoms with Crippen LogP contribution in [-0.4, -0.2) is 41.0 Å². The van der Waals surface area contributed by atoms with Crippen molar-refractivity contribution < 1.29 is 19.4 Å². The monoisotopic (exact) mass is 470 g/mol. The number of hydrogen-bond acceptors (Lipinski definition) is 5. The fourth-order valence-corrected chi connectivity index (χ4v) is 4.34. The lowest BCUT2D eigenvalue weighted by Gasteiger charge is -2.19. The number of amides is 1. The Hall–Kier alpha value is -2.80. The second-order valence-corrected chi connectivity index (χ2v) is 9.95. The molecule has 2 aromatic rings. The molecule has 0 aliphatic heterocycles. The summed E-state index contributed by atoms with van der Waals surface area (Å²) < 4.78 is 11.3. The van der Waals surface area contributed by atoms with Gasteiger partial charge in [-0.1, -0.05) is 30.7 Å². The number of aliphatic hydroxyl groups is 1. The molecule has 0 bridgehead atoms. The molecule has 2 atom stereocenters. The fourth-order valence-electron chi connectivity index (χ4n) is 4.34. The maximum atomic E-state index is 12.8. The van der Waals surface area contributed by atoms with Crippen molar-refractivity contribution in [3.05, 3.63) is 52.3 Å². The minimum absolute atomic E-state index is 0.156. The first-order valence-electron chi connectivity index (χ1n) is 12.3. The van der Waals surface area contributed by atoms with Crippen molar-refractivity contribution in [1.82, 2.24) is 10.3 Å². The summed E-state index contributed by atoms with van der Waals surface area (Å²) in [5.74, 6) is 0.981. The van der Waals surface area contributed by atoms with Gasteiger partial charge in [0.15, 0.2) is 0 Å². The lowest BCUT2D eigenvalue weighted by molar-refractivity contribution is 0.0525. The van der Waals surface area contributed by atoms with E-state index in [1.54, 1.807) is 0 Å². The number of aromatic nitrogens is 1. The highest BCUT2D eigenvalue weighted by molar-refractivity contribution is 5.86. The van der Waals surface area contributed by atoms with Crippen molar-refractivity contribution in [3.63, 3.8) is 0 Å². The molecule has 1 fully saturated rings. The van der Waals surface area contributed by atoms with Crippen molar-refractivity contribution in [2.75, 3.05) is 13.2 Å². The van der Waals surface area contributed by atoms with E-state index in [0.29, 0.717) is 43.2 Å². The molecule has 1 heterocycles. The van der Waals surface area contributed by atoms with Crippen molar-refractivity contribution in [2.45, 2.75) is 77.4 Å². The quantitative estimate of drug-likeness (QED) is 0.340. The Labute approximate surface area is 201 Å². The molecular formula is C27H38N2O5. The first kappa shape index (κ1) is 25.8. The number of ether oxygens (including phenoxy) is 2. The van der Waals surface area contributed by atoms with E-state index in [1.165, 1.54) is 0 Å². The summed E-state index contributed by atoms with van der Waals surface area (Å²) in [4.78, 5) is 27.6. The van der Waals surface area contributed by atoms with Crippen LogP contribution in [0.25, 0.3) is 10.9 Å². The Morgan fingerprint density at radius 2 is 2.03 bits per heavy atom. The number of H-pyrrole nitrogens is 1. The van der Waals surface area contributed by atoms with E-state index in [9.17, 15) is 14.7 Å². The number of rotatable bonds is 10. The van der Waals surface area contributed by atoms with Crippen LogP contribution in [0.3, 0.4) is 0 Å². The molecule has 0 spiro atoms. The van der Waals surface area contributed by atoms with Crippen LogP contribution in [-0.2, 0) is 11.2 Å². The van der Waals surface area contributed by atoms with E-state index in [2.05, 4.69) is 16.4 Å². The SMILES string of the molecule is CC(C)(C)OC(=O)NCCCOc1c(C/C=C/CCC2CCC[C@H]2O)c(=O)[nH]c2ccccc12. The Morgan fingerprint density at radius 1 is 1.24 bits per heavy atom. The van der Waals surface area contributed by atoms with Crippen LogP contribution in [0.2, 0.25) is 0 Å². The summed E-state index contributed by atoms with van der Waals surface area (Å²) in [5.41, 5.74) is 0.633. The highest BCUT2D eigenvalue weighted by atomic mass is 16.6. The minimum Gasteiger partial charge on any atom is -0.492 e. The second kappa shape index (κ2) is 12.1. The molecule has 1 saturated carbocycles. The standard InChI is InChI=1S/C27H38N2O5/c1-27(2,3)34-26(32)28-17-10-18-33-24-20-13-7-8-15-22(20)29-25(31)21(24)14-6-4-5-11-19-12-9-16-23(19)30/h4,6-8,13,15,19,23,30H,5,9-12,14,16-18H2,1-3H3,(H,28,32)(H,29,31)/b6-4+/t19?,23-/m1/s1. The van der Waals surface area contributed by atoms with Crippen LogP contribution in [0.5, 0.6) is 5.75 Å². The molecule has 1 aliphatic rings. The predicted molar refractivity (Wildman–Crippen MR) is 134 cm³/mol. The molecule has 1 amide bonds. The summed E-state index contributed by atoms with van der Waals surface area (Å²) in [5, 5.41) is 13.6. The summed E-state index contributed by atoms with van der Waals surface area (Å²) in [6.07, 6.45) is 9.51. The van der Waals surface area contributed by atoms with E-state index in [4.69, 9.17) is 9.47 Å². The zero-order valence-corrected chi connectivity index (χ0v) is 20.6. The zero-order chi connectivity index (χ0) is 24.6. The number of benzene rings is 1. The third-order valence-electron chi connectivity index (χ3n) is 6.02. The maximum Gasteiger partial charge on any atom is 0.407 e. The van der Waals surface area contributed by atoms with Gasteiger partial charge in [-0.15, -0.1) is 0 Å². The van der Waals surface area contributed by atoms with Crippen molar-refractivity contribution in [3.8, 4) is 5.75 Å². The first-order chi connectivity index (χ1) is 16.2. The highest BCUT2D eigenvalue weighted by Crippen LogP contribution is 2.30. The van der Waals surface area contributed by atoms with Crippen LogP contribution in [0, 0.1) is 5.92 Å². The van der Waals surface area contributed by atoms with Crippen molar-refractivity contribution >= 4 is 17.0 Å². The number of aliphatic hydroxyl groups excluding tert-OH is 1. The number of fused-ring (bicyclic) bond motifs is 1. The zero-order valence-electron chi connectivity index (χ0n) is 20.6. The van der Waals surface area contributed by atoms with Gasteiger partial charge in [0.25, 0.3) is 5.56 Å². The number of alkyl carbamates (subject to hydrolysis) is 1. The summed E-state index contributed by atoms with van der Waals surface area (Å²) >= 11 is 0. The fraction of sp³-hybridized carbons (Fsp3) is 0.556. The summed E-state index contributed by atoms with van der Waals surface area (Å²) in [6.45, 7) is 6.24. The molecule has 186 valence electrons. The van der Waals surface area contributed by atoms with Crippen molar-refractivity contribution in [1.29, 1.82) is 0 Å². The first-order valence-corrected chi connectivity index (χ1v) is 12.3. The van der Waals surface area contributed by atoms with Gasteiger partial charge < -0.3 is 24.9 Å². The van der Waals surface area contributed by atoms with Crippen LogP contribution < -0.4 is 15.6 Å². The largest absolute Gasteiger partial charge is 0.492 e. The number of aromatic amines is 1. The highest BCUT2D eigenvalue weighted by Gasteiger charge is 2.24. The van der Waals surface area contributed by atoms with Gasteiger partial charge in [0.1, 0.15) is 11.4 Å². The average Bonchev–Trinajstić information content (AvgIpc) is 3.17. The molecule has 3 N–H and O–H groups in total. The van der Waals surface area contributed by atoms with Gasteiger partial charge in [0.2, 0.25) is 0 Å². The van der Waals surface area contributed by atoms with E-state index >= 15 is 0 Å². The van der Waals surface area contributed by atoms with E-state index < -0.39 is 11.7 Å². The second-order valence-electron chi connectivity index (χ2n) is 9.95. The van der Waals surface area contributed by atoms with Crippen LogP contribution >= 0.6 is 0 Å². The molecule has 34 heavy (non-hydrogen) atoms. The summed E-state index contributed by atoms with van der Waals surface area (Å²) in [7, 11) is 0. The molecule has 0 saturated heterocycles. The van der Waals surface area contributed by atoms with Gasteiger partial charge in [0, 0.05) is 11.9 Å². The molecule has 1 aromatic heterocycles. The third-order valence-corrected chi connectivity index (χ3v) is 6.02. The lowest BCUT2D eigenvalue weighted by Crippen LogP contribution is -2.33. The number of carbonyl (C=O) groups excluding carboxylic acids is 1. The van der Waals surface area contributed by atoms with Gasteiger partial charge in [-0.2, -0.15) is 0 Å². The van der Waals surface area contributed by atoms with Gasteiger partial charge in [0.05, 0.1) is 23.8 Å². The van der Waals surface area contributed by atoms with Crippen LogP contribution in [0.4, 0.5) is 4.79 Å². The van der Waals surface area contributed by atoms with Crippen LogP contribution in [0.15, 0.2) is 41.2 Å². The molecule has 3 rings (SSSR count). The predicted octanol–water partition coefficient (Wildman–Crippen LogP) is 4.86. The number of nitrogens with one attached hydrogen (secondary N) is 2. The number of para-hydroxylation sites is 1. The molecule has 7 nitrogen and oxygen atoms in total. The normalized spacial score (nSPS) is 18.5. The smallest absolute Gasteiger partial charge is 0.407 e. The molecule has 0 radical (unpaired) electrons. The van der Waals surface area contributed by atoms with E-state index in [-0.39, 0.29) is 11.7 Å². The number of pyridine rings is 1. The molecule has 1 aliphatic carbocycles. The van der Waals surface area contributed by atoms with E-state index in [1.807, 2.05) is 51.1 Å². The van der Waals surface area contributed by atoms with Gasteiger partial charge >= 0.3 is 6.09 Å².